The first kappa shape index (κ1) is 38.5. The lowest BCUT2D eigenvalue weighted by atomic mass is 9.81. The van der Waals surface area contributed by atoms with Crippen molar-refractivity contribution >= 4 is 41.4 Å². The summed E-state index contributed by atoms with van der Waals surface area (Å²) in [5, 5.41) is 10.6. The summed E-state index contributed by atoms with van der Waals surface area (Å²) in [7, 11) is 0. The molecule has 2 fully saturated rings. The monoisotopic (exact) mass is 718 g/mol. The van der Waals surface area contributed by atoms with Crippen LogP contribution in [0, 0.1) is 11.8 Å². The van der Waals surface area contributed by atoms with E-state index in [-0.39, 0.29) is 30.3 Å². The lowest BCUT2D eigenvalue weighted by molar-refractivity contribution is -0.157. The number of alkyl halides is 2. The largest absolute Gasteiger partial charge is 0.450 e. The van der Waals surface area contributed by atoms with Gasteiger partial charge in [0.15, 0.2) is 12.2 Å². The zero-order chi connectivity index (χ0) is 36.3. The van der Waals surface area contributed by atoms with E-state index in [9.17, 15) is 24.0 Å². The van der Waals surface area contributed by atoms with Gasteiger partial charge in [-0.2, -0.15) is 8.78 Å². The van der Waals surface area contributed by atoms with Crippen molar-refractivity contribution in [1.29, 1.82) is 0 Å². The molecule has 1 saturated heterocycles. The topological polar surface area (TPSA) is 152 Å². The van der Waals surface area contributed by atoms with Crippen LogP contribution in [0.2, 0.25) is 5.02 Å². The molecule has 1 aliphatic carbocycles. The summed E-state index contributed by atoms with van der Waals surface area (Å²) < 4.78 is 43.2. The fourth-order valence-corrected chi connectivity index (χ4v) is 6.79. The Morgan fingerprint density at radius 1 is 0.960 bits per heavy atom. The minimum absolute atomic E-state index is 0.0508. The van der Waals surface area contributed by atoms with Gasteiger partial charge in [-0.15, -0.1) is 0 Å². The Morgan fingerprint density at radius 2 is 1.68 bits per heavy atom. The molecular weight excluding hydrogens is 674 g/mol. The molecule has 4 amide bonds. The average Bonchev–Trinajstić information content (AvgIpc) is 3.50. The van der Waals surface area contributed by atoms with E-state index in [1.165, 1.54) is 18.2 Å². The predicted molar refractivity (Wildman–Crippen MR) is 181 cm³/mol. The van der Waals surface area contributed by atoms with Crippen LogP contribution >= 0.6 is 11.6 Å². The molecule has 2 unspecified atom stereocenters. The number of hydrogen-bond donors (Lipinski definition) is 4. The highest BCUT2D eigenvalue weighted by Crippen LogP contribution is 2.42. The molecule has 2 aliphatic rings. The molecule has 0 spiro atoms. The van der Waals surface area contributed by atoms with E-state index >= 15 is 8.78 Å². The molecular formula is C36H45ClF2N4O7. The van der Waals surface area contributed by atoms with Gasteiger partial charge in [0.2, 0.25) is 11.8 Å². The van der Waals surface area contributed by atoms with Crippen molar-refractivity contribution in [3.05, 3.63) is 70.7 Å². The van der Waals surface area contributed by atoms with Crippen molar-refractivity contribution in [2.24, 2.45) is 11.8 Å². The van der Waals surface area contributed by atoms with Crippen LogP contribution in [0.3, 0.4) is 0 Å². The van der Waals surface area contributed by atoms with Crippen molar-refractivity contribution in [2.75, 3.05) is 13.1 Å². The highest BCUT2D eigenvalue weighted by atomic mass is 35.5. The minimum Gasteiger partial charge on any atom is -0.450 e. The fraction of sp³-hybridized carbons (Fsp3) is 0.528. The van der Waals surface area contributed by atoms with Gasteiger partial charge in [0.25, 0.3) is 5.91 Å². The maximum atomic E-state index is 16.2. The number of carbonyl (C=O) groups excluding carboxylic acids is 5. The van der Waals surface area contributed by atoms with Gasteiger partial charge in [0, 0.05) is 48.9 Å². The minimum atomic E-state index is -3.60. The molecule has 50 heavy (non-hydrogen) atoms. The van der Waals surface area contributed by atoms with Gasteiger partial charge in [0.05, 0.1) is 6.04 Å². The predicted octanol–water partition coefficient (Wildman–Crippen LogP) is 4.80. The average molecular weight is 719 g/mol. The van der Waals surface area contributed by atoms with Gasteiger partial charge in [0.1, 0.15) is 6.04 Å². The third kappa shape index (κ3) is 10.6. The Labute approximate surface area is 295 Å². The summed E-state index contributed by atoms with van der Waals surface area (Å²) in [5.74, 6) is -7.38. The van der Waals surface area contributed by atoms with E-state index in [2.05, 4.69) is 21.3 Å². The van der Waals surface area contributed by atoms with E-state index in [0.29, 0.717) is 44.2 Å². The quantitative estimate of drug-likeness (QED) is 0.193. The second-order valence-corrected chi connectivity index (χ2v) is 13.2. The highest BCUT2D eigenvalue weighted by Gasteiger charge is 2.49. The normalized spacial score (nSPS) is 18.9. The number of nitrogens with one attached hydrogen (secondary N) is 4. The number of halogens is 3. The van der Waals surface area contributed by atoms with Gasteiger partial charge in [-0.3, -0.25) is 19.2 Å². The molecule has 4 N–H and O–H groups in total. The van der Waals surface area contributed by atoms with Crippen molar-refractivity contribution in [3.63, 3.8) is 0 Å². The summed E-state index contributed by atoms with van der Waals surface area (Å²) in [5.41, 5.74) is 0.237. The third-order valence-electron chi connectivity index (χ3n) is 9.07. The van der Waals surface area contributed by atoms with Gasteiger partial charge in [-0.05, 0) is 50.3 Å². The molecule has 2 aromatic rings. The number of amides is 4. The van der Waals surface area contributed by atoms with E-state index < -0.39 is 71.5 Å². The van der Waals surface area contributed by atoms with Gasteiger partial charge >= 0.3 is 18.0 Å². The number of hydrogen-bond acceptors (Lipinski definition) is 7. The van der Waals surface area contributed by atoms with Crippen LogP contribution < -0.4 is 21.3 Å². The summed E-state index contributed by atoms with van der Waals surface area (Å²) >= 11 is 6.05. The zero-order valence-corrected chi connectivity index (χ0v) is 29.0. The standard InChI is InChI=1S/C36H45ClF2N4O7/c1-3-40-34(47)30(49-22(2)44)28(20-25-17-18-41-32(25)45)42-33(46)29(19-23-11-6-4-7-12-23)43-35(48)50-31(24-13-8-5-9-14-24)36(38,39)26-15-10-16-27(37)21-26/h4,6-7,10-12,15-16,21,24-25,28-31H,3,5,8-9,13-14,17-20H2,1-2H3,(H,40,47)(H,41,45)(H,42,46)(H,43,48)/t25-,28-,29-,30?,31?/m0/s1. The Bertz CT molecular complexity index is 1490. The first-order valence-corrected chi connectivity index (χ1v) is 17.4. The number of ether oxygens (including phenoxy) is 2. The molecule has 14 heteroatoms. The molecule has 1 aliphatic heterocycles. The number of carbonyl (C=O) groups is 5. The van der Waals surface area contributed by atoms with Crippen LogP contribution in [-0.2, 0) is 41.0 Å². The number of alkyl carbamates (subject to hydrolysis) is 1. The molecule has 1 saturated carbocycles. The summed E-state index contributed by atoms with van der Waals surface area (Å²) in [6.45, 7) is 3.39. The van der Waals surface area contributed by atoms with Gasteiger partial charge in [-0.1, -0.05) is 73.3 Å². The Hall–Kier alpha value is -4.26. The molecule has 11 nitrogen and oxygen atoms in total. The molecule has 4 rings (SSSR count). The first-order chi connectivity index (χ1) is 23.9. The molecule has 0 aromatic heterocycles. The number of benzene rings is 2. The summed E-state index contributed by atoms with van der Waals surface area (Å²) in [4.78, 5) is 65.3. The second-order valence-electron chi connectivity index (χ2n) is 12.8. The second kappa shape index (κ2) is 18.1. The molecule has 2 aromatic carbocycles. The Kier molecular flexibility index (Phi) is 14.0. The van der Waals surface area contributed by atoms with Gasteiger partial charge < -0.3 is 30.7 Å². The van der Waals surface area contributed by atoms with Crippen molar-refractivity contribution < 1.29 is 42.2 Å². The van der Waals surface area contributed by atoms with Crippen molar-refractivity contribution in [3.8, 4) is 0 Å². The molecule has 0 radical (unpaired) electrons. The van der Waals surface area contributed by atoms with E-state index in [1.807, 2.05) is 0 Å². The molecule has 1 heterocycles. The lowest BCUT2D eigenvalue weighted by Crippen LogP contribution is -2.58. The SMILES string of the molecule is CCNC(=O)C(OC(C)=O)[C@H](C[C@@H]1CCNC1=O)NC(=O)[C@H](Cc1ccccc1)NC(=O)OC(C1CCCCC1)C(F)(F)c1cccc(Cl)c1. The molecule has 272 valence electrons. The Balaban J connectivity index is 1.62. The smallest absolute Gasteiger partial charge is 0.408 e. The Morgan fingerprint density at radius 3 is 2.30 bits per heavy atom. The van der Waals surface area contributed by atoms with E-state index in [4.69, 9.17) is 21.1 Å². The van der Waals surface area contributed by atoms with Crippen LogP contribution in [0.5, 0.6) is 0 Å². The maximum Gasteiger partial charge on any atom is 0.408 e. The summed E-state index contributed by atoms with van der Waals surface area (Å²) in [6.07, 6.45) is -1.14. The number of esters is 1. The van der Waals surface area contributed by atoms with E-state index in [0.717, 1.165) is 19.4 Å². The molecule has 0 bridgehead atoms. The van der Waals surface area contributed by atoms with E-state index in [1.54, 1.807) is 37.3 Å². The number of likely N-dealkylation sites (N-methyl/N-ethyl adjacent to an activating group) is 1. The fourth-order valence-electron chi connectivity index (χ4n) is 6.60. The molecule has 5 atom stereocenters. The van der Waals surface area contributed by atoms with Crippen molar-refractivity contribution in [2.45, 2.75) is 95.4 Å². The summed E-state index contributed by atoms with van der Waals surface area (Å²) in [6, 6.07) is 11.4. The van der Waals surface area contributed by atoms with Crippen LogP contribution in [0.1, 0.15) is 69.9 Å². The van der Waals surface area contributed by atoms with Crippen LogP contribution in [0.4, 0.5) is 13.6 Å². The maximum absolute atomic E-state index is 16.2. The van der Waals surface area contributed by atoms with Gasteiger partial charge in [-0.25, -0.2) is 4.79 Å². The zero-order valence-electron chi connectivity index (χ0n) is 28.2. The van der Waals surface area contributed by atoms with Crippen LogP contribution in [0.25, 0.3) is 0 Å². The lowest BCUT2D eigenvalue weighted by Gasteiger charge is -2.35. The van der Waals surface area contributed by atoms with Crippen LogP contribution in [0.15, 0.2) is 54.6 Å². The highest BCUT2D eigenvalue weighted by molar-refractivity contribution is 6.30. The van der Waals surface area contributed by atoms with Crippen LogP contribution in [-0.4, -0.2) is 67.2 Å². The number of rotatable bonds is 15. The third-order valence-corrected chi connectivity index (χ3v) is 9.30. The first-order valence-electron chi connectivity index (χ1n) is 17.1. The van der Waals surface area contributed by atoms with Crippen molar-refractivity contribution in [1.82, 2.24) is 21.3 Å².